The summed E-state index contributed by atoms with van der Waals surface area (Å²) in [7, 11) is -3.55. The molecule has 1 saturated carbocycles. The van der Waals surface area contributed by atoms with Gasteiger partial charge in [-0.25, -0.2) is 31.0 Å². The number of halogens is 7. The number of aromatic nitrogens is 5. The molecular formula is C38H32ClF6N5O4S. The Labute approximate surface area is 316 Å². The minimum Gasteiger partial charge on any atom is -0.378 e. The number of nitrogens with zero attached hydrogens (tertiary/aromatic N) is 4. The zero-order valence-electron chi connectivity index (χ0n) is 29.4. The molecule has 7 rings (SSSR count). The van der Waals surface area contributed by atoms with Gasteiger partial charge >= 0.3 is 0 Å². The first-order chi connectivity index (χ1) is 25.7. The number of aliphatic hydroxyl groups is 1. The normalized spacial score (nSPS) is 17.9. The minimum absolute atomic E-state index is 0.0382. The highest BCUT2D eigenvalue weighted by molar-refractivity contribution is 7.89. The van der Waals surface area contributed by atoms with Crippen LogP contribution in [0.4, 0.5) is 26.3 Å². The number of hydrogen-bond donors (Lipinski definition) is 2. The minimum atomic E-state index is -3.55. The van der Waals surface area contributed by atoms with Crippen molar-refractivity contribution in [2.75, 3.05) is 6.26 Å². The zero-order chi connectivity index (χ0) is 39.8. The number of rotatable bonds is 11. The number of nitrogens with one attached hydrogen (secondary N) is 1. The first kappa shape index (κ1) is 38.6. The van der Waals surface area contributed by atoms with E-state index in [4.69, 9.17) is 16.6 Å². The van der Waals surface area contributed by atoms with Gasteiger partial charge in [0.15, 0.2) is 15.6 Å². The summed E-state index contributed by atoms with van der Waals surface area (Å²) in [5, 5.41) is 21.6. The summed E-state index contributed by atoms with van der Waals surface area (Å²) in [5.41, 5.74) is -1.66. The molecule has 2 aromatic carbocycles. The highest BCUT2D eigenvalue weighted by Gasteiger charge is 2.67. The molecule has 3 aromatic heterocycles. The lowest BCUT2D eigenvalue weighted by molar-refractivity contribution is -0.120. The molecule has 2 aliphatic carbocycles. The molecule has 1 fully saturated rings. The topological polar surface area (TPSA) is 131 Å². The van der Waals surface area contributed by atoms with Crippen molar-refractivity contribution in [1.82, 2.24) is 25.0 Å². The highest BCUT2D eigenvalue weighted by atomic mass is 35.5. The lowest BCUT2D eigenvalue weighted by atomic mass is 9.86. The molecule has 3 atom stereocenters. The summed E-state index contributed by atoms with van der Waals surface area (Å²) >= 11 is 6.54. The van der Waals surface area contributed by atoms with Crippen LogP contribution in [-0.4, -0.2) is 56.1 Å². The maximum atomic E-state index is 15.4. The molecule has 2 N–H and O–H groups in total. The second kappa shape index (κ2) is 13.8. The van der Waals surface area contributed by atoms with Gasteiger partial charge in [0.25, 0.3) is 12.3 Å². The number of H-pyrrole nitrogens is 1. The fraction of sp³-hybridized carbons (Fsp3) is 0.368. The maximum Gasteiger partial charge on any atom is 0.293 e. The molecule has 0 amide bonds. The average Bonchev–Trinajstić information content (AvgIpc) is 3.54. The number of benzene rings is 2. The number of carbonyl (C=O) groups excluding carboxylic acids is 1. The second-order valence-corrected chi connectivity index (χ2v) is 17.2. The number of sulfone groups is 1. The van der Waals surface area contributed by atoms with Crippen molar-refractivity contribution in [2.45, 2.75) is 75.2 Å². The van der Waals surface area contributed by atoms with E-state index in [-0.39, 0.29) is 51.6 Å². The van der Waals surface area contributed by atoms with Crippen LogP contribution in [0.1, 0.15) is 84.5 Å². The van der Waals surface area contributed by atoms with E-state index in [9.17, 15) is 35.9 Å². The molecular weight excluding hydrogens is 772 g/mol. The smallest absolute Gasteiger partial charge is 0.293 e. The SMILES string of the molecule is CC(C)(O)C#Cc1ccc(-c2ccc(Cl)c3c(CS(C)(=O)=O)[nH]nc23)c([C@@H](CC(=O)Cn2nc(C(F)F)c3c2C(F)(F)[C@@H]2C[C@H]32)Cc2cc(F)cc(F)c2)n1. The average molecular weight is 804 g/mol. The third kappa shape index (κ3) is 7.74. The summed E-state index contributed by atoms with van der Waals surface area (Å²) in [6.45, 7) is 2.10. The molecule has 3 heterocycles. The quantitative estimate of drug-likeness (QED) is 0.104. The Balaban J connectivity index is 1.37. The Bertz CT molecular complexity index is 2530. The van der Waals surface area contributed by atoms with E-state index >= 15 is 8.78 Å². The van der Waals surface area contributed by atoms with Crippen LogP contribution in [0.15, 0.2) is 42.5 Å². The third-order valence-corrected chi connectivity index (χ3v) is 10.7. The van der Waals surface area contributed by atoms with E-state index in [1.807, 2.05) is 0 Å². The van der Waals surface area contributed by atoms with Crippen LogP contribution in [0.25, 0.3) is 22.0 Å². The van der Waals surface area contributed by atoms with Crippen LogP contribution >= 0.6 is 11.6 Å². The van der Waals surface area contributed by atoms with Gasteiger partial charge in [-0.2, -0.15) is 19.0 Å². The Morgan fingerprint density at radius 3 is 2.45 bits per heavy atom. The third-order valence-electron chi connectivity index (χ3n) is 9.61. The van der Waals surface area contributed by atoms with Gasteiger partial charge in [0.2, 0.25) is 0 Å². The van der Waals surface area contributed by atoms with Gasteiger partial charge in [0.1, 0.15) is 46.4 Å². The van der Waals surface area contributed by atoms with Crippen molar-refractivity contribution in [3.63, 3.8) is 0 Å². The molecule has 0 radical (unpaired) electrons. The molecule has 0 saturated heterocycles. The molecule has 9 nitrogen and oxygen atoms in total. The van der Waals surface area contributed by atoms with Gasteiger partial charge in [-0.1, -0.05) is 23.6 Å². The van der Waals surface area contributed by atoms with Gasteiger partial charge in [0, 0.05) is 52.7 Å². The molecule has 0 unspecified atom stereocenters. The van der Waals surface area contributed by atoms with Gasteiger partial charge in [-0.3, -0.25) is 14.6 Å². The predicted octanol–water partition coefficient (Wildman–Crippen LogP) is 7.55. The highest BCUT2D eigenvalue weighted by Crippen LogP contribution is 2.68. The van der Waals surface area contributed by atoms with E-state index in [1.165, 1.54) is 26.0 Å². The van der Waals surface area contributed by atoms with Crippen LogP contribution < -0.4 is 0 Å². The van der Waals surface area contributed by atoms with E-state index in [0.29, 0.717) is 27.3 Å². The van der Waals surface area contributed by atoms with Crippen molar-refractivity contribution >= 4 is 38.1 Å². The van der Waals surface area contributed by atoms with E-state index in [2.05, 4.69) is 27.1 Å². The van der Waals surface area contributed by atoms with Crippen LogP contribution in [0.3, 0.4) is 0 Å². The van der Waals surface area contributed by atoms with Crippen molar-refractivity contribution in [3.05, 3.63) is 98.7 Å². The number of Topliss-reactive ketones (excluding diaryl/α,β-unsaturated/α-hetero) is 1. The van der Waals surface area contributed by atoms with Crippen LogP contribution in [0.2, 0.25) is 5.02 Å². The van der Waals surface area contributed by atoms with Crippen molar-refractivity contribution < 1.29 is 44.7 Å². The van der Waals surface area contributed by atoms with Gasteiger partial charge in [0.05, 0.1) is 22.2 Å². The number of ketones is 1. The monoisotopic (exact) mass is 803 g/mol. The largest absolute Gasteiger partial charge is 0.378 e. The summed E-state index contributed by atoms with van der Waals surface area (Å²) < 4.78 is 113. The number of pyridine rings is 1. The summed E-state index contributed by atoms with van der Waals surface area (Å²) in [6, 6.07) is 9.01. The first-order valence-corrected chi connectivity index (χ1v) is 19.5. The molecule has 288 valence electrons. The van der Waals surface area contributed by atoms with Gasteiger partial charge in [-0.15, -0.1) is 0 Å². The second-order valence-electron chi connectivity index (χ2n) is 14.6. The van der Waals surface area contributed by atoms with Gasteiger partial charge in [-0.05, 0) is 74.4 Å². The predicted molar refractivity (Wildman–Crippen MR) is 190 cm³/mol. The number of aromatic amines is 1. The summed E-state index contributed by atoms with van der Waals surface area (Å²) in [5.74, 6) is -3.97. The standard InChI is InChI=1S/C38H32ClF6N5O4S/c1-37(2,52)9-8-22-4-5-24(25-6-7-28(39)31-29(17-55(3,53)54)47-48-33(25)31)32(46-22)19(10-18-11-20(40)14-21(41)12-18)13-23(51)16-50-35-30(34(49-50)36(42)43)26-15-27(26)38(35,44)45/h4-7,11-12,14,19,26-27,36,52H,10,13,15-17H2,1-3H3,(H,47,48)/t19-,26+,27-/m1/s1. The Hall–Kier alpha value is -4.72. The lowest BCUT2D eigenvalue weighted by Crippen LogP contribution is -2.24. The Morgan fingerprint density at radius 2 is 1.80 bits per heavy atom. The number of alkyl halides is 4. The lowest BCUT2D eigenvalue weighted by Gasteiger charge is -2.21. The van der Waals surface area contributed by atoms with Crippen LogP contribution in [0.5, 0.6) is 0 Å². The first-order valence-electron chi connectivity index (χ1n) is 17.0. The van der Waals surface area contributed by atoms with E-state index in [1.54, 1.807) is 12.1 Å². The van der Waals surface area contributed by atoms with E-state index in [0.717, 1.165) is 18.4 Å². The van der Waals surface area contributed by atoms with Gasteiger partial charge < -0.3 is 5.11 Å². The molecule has 2 aliphatic rings. The number of carbonyl (C=O) groups is 1. The summed E-state index contributed by atoms with van der Waals surface area (Å²) in [6.07, 6.45) is -2.78. The molecule has 0 bridgehead atoms. The van der Waals surface area contributed by atoms with Crippen LogP contribution in [-0.2, 0) is 39.3 Å². The Kier molecular flexibility index (Phi) is 9.66. The molecule has 0 aliphatic heterocycles. The Morgan fingerprint density at radius 1 is 1.11 bits per heavy atom. The molecule has 17 heteroatoms. The van der Waals surface area contributed by atoms with Crippen molar-refractivity contribution in [1.29, 1.82) is 0 Å². The number of fused-ring (bicyclic) bond motifs is 4. The van der Waals surface area contributed by atoms with Crippen molar-refractivity contribution in [3.8, 4) is 23.0 Å². The molecule has 5 aromatic rings. The summed E-state index contributed by atoms with van der Waals surface area (Å²) in [4.78, 5) is 18.7. The fourth-order valence-corrected chi connectivity index (χ4v) is 8.40. The zero-order valence-corrected chi connectivity index (χ0v) is 31.0. The van der Waals surface area contributed by atoms with Crippen LogP contribution in [0, 0.1) is 29.4 Å². The molecule has 0 spiro atoms. The fourth-order valence-electron chi connectivity index (χ4n) is 7.40. The van der Waals surface area contributed by atoms with Crippen molar-refractivity contribution in [2.24, 2.45) is 5.92 Å². The van der Waals surface area contributed by atoms with E-state index < -0.39 is 93.1 Å². The number of hydrogen-bond acceptors (Lipinski definition) is 7. The molecule has 55 heavy (non-hydrogen) atoms. The maximum absolute atomic E-state index is 15.4.